The largest absolute Gasteiger partial charge is 0.372 e. The number of benzene rings is 2. The third-order valence-electron chi connectivity index (χ3n) is 4.45. The topological polar surface area (TPSA) is 28.0 Å². The minimum absolute atomic E-state index is 0.227. The van der Waals surface area contributed by atoms with Crippen LogP contribution in [0.5, 0.6) is 0 Å². The lowest BCUT2D eigenvalue weighted by atomic mass is 10.1. The smallest absolute Gasteiger partial charge is 0.0746 e. The van der Waals surface area contributed by atoms with E-state index in [1.54, 1.807) is 0 Å². The normalized spacial score (nSPS) is 12.2. The Bertz CT molecular complexity index is 741. The maximum absolute atomic E-state index is 4.78. The zero-order valence-corrected chi connectivity index (χ0v) is 16.7. The SMILES string of the molecule is CCN(CC)c1ccc(C=NC(C)(C)CN=Cc2ccccc2)c(C)c1. The van der Waals surface area contributed by atoms with Crippen molar-refractivity contribution in [1.82, 2.24) is 0 Å². The molecule has 3 nitrogen and oxygen atoms in total. The van der Waals surface area contributed by atoms with Crippen LogP contribution in [0, 0.1) is 6.92 Å². The van der Waals surface area contributed by atoms with E-state index in [0.29, 0.717) is 6.54 Å². The van der Waals surface area contributed by atoms with Crippen LogP contribution in [0.1, 0.15) is 44.4 Å². The van der Waals surface area contributed by atoms with Crippen LogP contribution >= 0.6 is 0 Å². The maximum atomic E-state index is 4.78. The van der Waals surface area contributed by atoms with Crippen molar-refractivity contribution in [2.24, 2.45) is 9.98 Å². The molecule has 0 spiro atoms. The molecule has 0 aliphatic rings. The number of aryl methyl sites for hydroxylation is 1. The van der Waals surface area contributed by atoms with E-state index in [0.717, 1.165) is 18.7 Å². The number of hydrogen-bond acceptors (Lipinski definition) is 3. The fourth-order valence-electron chi connectivity index (χ4n) is 2.79. The highest BCUT2D eigenvalue weighted by Crippen LogP contribution is 2.19. The molecule has 138 valence electrons. The first-order valence-corrected chi connectivity index (χ1v) is 9.41. The molecule has 0 radical (unpaired) electrons. The first-order chi connectivity index (χ1) is 12.4. The Kier molecular flexibility index (Phi) is 7.14. The first kappa shape index (κ1) is 19.9. The molecule has 2 aromatic carbocycles. The van der Waals surface area contributed by atoms with Gasteiger partial charge in [0.05, 0.1) is 12.1 Å². The van der Waals surface area contributed by atoms with Crippen LogP contribution in [0.4, 0.5) is 5.69 Å². The third-order valence-corrected chi connectivity index (χ3v) is 4.45. The van der Waals surface area contributed by atoms with Crippen LogP contribution in [-0.4, -0.2) is 37.6 Å². The second kappa shape index (κ2) is 9.33. The van der Waals surface area contributed by atoms with Gasteiger partial charge in [0.15, 0.2) is 0 Å². The van der Waals surface area contributed by atoms with Crippen molar-refractivity contribution in [1.29, 1.82) is 0 Å². The Morgan fingerprint density at radius 1 is 0.962 bits per heavy atom. The van der Waals surface area contributed by atoms with Crippen molar-refractivity contribution in [3.05, 3.63) is 65.2 Å². The van der Waals surface area contributed by atoms with Crippen molar-refractivity contribution < 1.29 is 0 Å². The van der Waals surface area contributed by atoms with Crippen molar-refractivity contribution in [2.75, 3.05) is 24.5 Å². The molecule has 0 amide bonds. The van der Waals surface area contributed by atoms with Crippen LogP contribution in [0.15, 0.2) is 58.5 Å². The van der Waals surface area contributed by atoms with E-state index in [1.165, 1.54) is 16.8 Å². The highest BCUT2D eigenvalue weighted by molar-refractivity contribution is 5.83. The highest BCUT2D eigenvalue weighted by atomic mass is 15.1. The Labute approximate surface area is 158 Å². The number of nitrogens with zero attached hydrogens (tertiary/aromatic N) is 3. The second-order valence-corrected chi connectivity index (χ2v) is 7.16. The molecule has 0 aliphatic heterocycles. The van der Waals surface area contributed by atoms with Crippen LogP contribution in [0.2, 0.25) is 0 Å². The van der Waals surface area contributed by atoms with Gasteiger partial charge in [-0.25, -0.2) is 0 Å². The summed E-state index contributed by atoms with van der Waals surface area (Å²) in [7, 11) is 0. The Balaban J connectivity index is 2.04. The summed E-state index contributed by atoms with van der Waals surface area (Å²) < 4.78 is 0. The predicted octanol–water partition coefficient (Wildman–Crippen LogP) is 5.16. The van der Waals surface area contributed by atoms with Gasteiger partial charge in [-0.3, -0.25) is 9.98 Å². The van der Waals surface area contributed by atoms with Crippen LogP contribution < -0.4 is 4.90 Å². The van der Waals surface area contributed by atoms with Gasteiger partial charge in [0.2, 0.25) is 0 Å². The second-order valence-electron chi connectivity index (χ2n) is 7.16. The zero-order valence-electron chi connectivity index (χ0n) is 16.7. The molecular weight excluding hydrogens is 318 g/mol. The Morgan fingerprint density at radius 2 is 1.65 bits per heavy atom. The van der Waals surface area contributed by atoms with Crippen LogP contribution in [0.3, 0.4) is 0 Å². The first-order valence-electron chi connectivity index (χ1n) is 9.41. The summed E-state index contributed by atoms with van der Waals surface area (Å²) in [5, 5.41) is 0. The number of aliphatic imine (C=N–C) groups is 2. The van der Waals surface area contributed by atoms with E-state index in [9.17, 15) is 0 Å². The Hall–Kier alpha value is -2.42. The van der Waals surface area contributed by atoms with E-state index in [2.05, 4.69) is 74.8 Å². The minimum Gasteiger partial charge on any atom is -0.372 e. The molecule has 0 fully saturated rings. The van der Waals surface area contributed by atoms with Gasteiger partial charge in [0, 0.05) is 31.2 Å². The molecule has 2 rings (SSSR count). The minimum atomic E-state index is -0.227. The zero-order chi connectivity index (χ0) is 19.0. The number of hydrogen-bond donors (Lipinski definition) is 0. The lowest BCUT2D eigenvalue weighted by Gasteiger charge is -2.22. The van der Waals surface area contributed by atoms with E-state index in [4.69, 9.17) is 4.99 Å². The summed E-state index contributed by atoms with van der Waals surface area (Å²) in [6.07, 6.45) is 3.90. The van der Waals surface area contributed by atoms with Crippen molar-refractivity contribution in [3.63, 3.8) is 0 Å². The molecule has 26 heavy (non-hydrogen) atoms. The predicted molar refractivity (Wildman–Crippen MR) is 115 cm³/mol. The lowest BCUT2D eigenvalue weighted by molar-refractivity contribution is 0.541. The van der Waals surface area contributed by atoms with Crippen molar-refractivity contribution in [2.45, 2.75) is 40.2 Å². The van der Waals surface area contributed by atoms with E-state index in [-0.39, 0.29) is 5.54 Å². The third kappa shape index (κ3) is 5.83. The summed E-state index contributed by atoms with van der Waals surface area (Å²) in [5.41, 5.74) is 4.59. The fourth-order valence-corrected chi connectivity index (χ4v) is 2.79. The molecule has 0 unspecified atom stereocenters. The van der Waals surface area contributed by atoms with Crippen LogP contribution in [-0.2, 0) is 0 Å². The highest BCUT2D eigenvalue weighted by Gasteiger charge is 2.14. The molecule has 0 heterocycles. The van der Waals surface area contributed by atoms with Gasteiger partial charge < -0.3 is 4.90 Å². The fraction of sp³-hybridized carbons (Fsp3) is 0.391. The van der Waals surface area contributed by atoms with E-state index < -0.39 is 0 Å². The van der Waals surface area contributed by atoms with Gasteiger partial charge in [-0.1, -0.05) is 36.4 Å². The van der Waals surface area contributed by atoms with Crippen molar-refractivity contribution >= 4 is 18.1 Å². The molecule has 0 saturated heterocycles. The average molecular weight is 350 g/mol. The summed E-state index contributed by atoms with van der Waals surface area (Å²) in [4.78, 5) is 11.7. The number of anilines is 1. The quantitative estimate of drug-likeness (QED) is 0.605. The summed E-state index contributed by atoms with van der Waals surface area (Å²) in [5.74, 6) is 0. The van der Waals surface area contributed by atoms with Crippen molar-refractivity contribution in [3.8, 4) is 0 Å². The Morgan fingerprint density at radius 3 is 2.27 bits per heavy atom. The molecule has 0 bridgehead atoms. The monoisotopic (exact) mass is 349 g/mol. The van der Waals surface area contributed by atoms with Gasteiger partial charge in [0.1, 0.15) is 0 Å². The molecule has 0 N–H and O–H groups in total. The van der Waals surface area contributed by atoms with E-state index >= 15 is 0 Å². The summed E-state index contributed by atoms with van der Waals surface area (Å²) in [6.45, 7) is 13.5. The molecular formula is C23H31N3. The van der Waals surface area contributed by atoms with Gasteiger partial charge in [0.25, 0.3) is 0 Å². The summed E-state index contributed by atoms with van der Waals surface area (Å²) >= 11 is 0. The van der Waals surface area contributed by atoms with Gasteiger partial charge >= 0.3 is 0 Å². The van der Waals surface area contributed by atoms with Gasteiger partial charge in [-0.2, -0.15) is 0 Å². The summed E-state index contributed by atoms with van der Waals surface area (Å²) in [6, 6.07) is 16.8. The standard InChI is InChI=1S/C23H31N3/c1-6-26(7-2)22-14-13-21(19(3)15-22)17-25-23(4,5)18-24-16-20-11-9-8-10-12-20/h8-17H,6-7,18H2,1-5H3. The molecule has 0 atom stereocenters. The molecule has 0 saturated carbocycles. The van der Waals surface area contributed by atoms with Crippen LogP contribution in [0.25, 0.3) is 0 Å². The van der Waals surface area contributed by atoms with E-state index in [1.807, 2.05) is 30.6 Å². The molecule has 0 aromatic heterocycles. The number of rotatable bonds is 8. The molecule has 0 aliphatic carbocycles. The van der Waals surface area contributed by atoms with Gasteiger partial charge in [-0.05, 0) is 63.4 Å². The average Bonchev–Trinajstić information content (AvgIpc) is 2.63. The lowest BCUT2D eigenvalue weighted by Crippen LogP contribution is -2.22. The molecule has 3 heteroatoms. The maximum Gasteiger partial charge on any atom is 0.0746 e. The van der Waals surface area contributed by atoms with Gasteiger partial charge in [-0.15, -0.1) is 0 Å². The molecule has 2 aromatic rings.